The van der Waals surface area contributed by atoms with Gasteiger partial charge in [0.25, 0.3) is 5.69 Å². The molecule has 0 spiro atoms. The molecule has 0 fully saturated rings. The molecule has 1 atom stereocenters. The Morgan fingerprint density at radius 2 is 1.71 bits per heavy atom. The Hall–Kier alpha value is -2.69. The third-order valence-corrected chi connectivity index (χ3v) is 3.32. The summed E-state index contributed by atoms with van der Waals surface area (Å²) >= 11 is 0. The van der Waals surface area contributed by atoms with E-state index in [-0.39, 0.29) is 18.0 Å². The molecule has 5 nitrogen and oxygen atoms in total. The lowest BCUT2D eigenvalue weighted by atomic mass is 9.89. The van der Waals surface area contributed by atoms with Gasteiger partial charge < -0.3 is 5.11 Å². The van der Waals surface area contributed by atoms with Crippen molar-refractivity contribution in [3.05, 3.63) is 75.8 Å². The number of nitro groups is 1. The normalized spacial score (nSPS) is 11.8. The predicted molar refractivity (Wildman–Crippen MR) is 78.2 cm³/mol. The van der Waals surface area contributed by atoms with Gasteiger partial charge in [-0.3, -0.25) is 14.9 Å². The third kappa shape index (κ3) is 4.14. The Morgan fingerprint density at radius 1 is 1.10 bits per heavy atom. The van der Waals surface area contributed by atoms with Crippen LogP contribution in [0.3, 0.4) is 0 Å². The van der Waals surface area contributed by atoms with E-state index in [0.29, 0.717) is 6.42 Å². The van der Waals surface area contributed by atoms with Crippen molar-refractivity contribution < 1.29 is 14.8 Å². The summed E-state index contributed by atoms with van der Waals surface area (Å²) in [5, 5.41) is 19.7. The number of carboxylic acids is 1. The second kappa shape index (κ2) is 6.65. The first-order valence-corrected chi connectivity index (χ1v) is 6.56. The molecule has 5 heteroatoms. The lowest BCUT2D eigenvalue weighted by Gasteiger charge is -2.15. The quantitative estimate of drug-likeness (QED) is 0.651. The van der Waals surface area contributed by atoms with Crippen molar-refractivity contribution in [2.75, 3.05) is 0 Å². The molecule has 108 valence electrons. The van der Waals surface area contributed by atoms with Crippen LogP contribution >= 0.6 is 0 Å². The molecule has 0 bridgehead atoms. The van der Waals surface area contributed by atoms with Gasteiger partial charge in [0.15, 0.2) is 0 Å². The number of hydrogen-bond donors (Lipinski definition) is 1. The van der Waals surface area contributed by atoms with Gasteiger partial charge in [-0.2, -0.15) is 0 Å². The number of nitrogens with zero attached hydrogens (tertiary/aromatic N) is 1. The fraction of sp³-hybridized carbons (Fsp3) is 0.188. The minimum atomic E-state index is -0.856. The van der Waals surface area contributed by atoms with Gasteiger partial charge in [0.2, 0.25) is 0 Å². The average molecular weight is 285 g/mol. The Bertz CT molecular complexity index is 622. The largest absolute Gasteiger partial charge is 0.481 e. The maximum atomic E-state index is 11.0. The van der Waals surface area contributed by atoms with Gasteiger partial charge in [0, 0.05) is 12.1 Å². The Labute approximate surface area is 122 Å². The van der Waals surface area contributed by atoms with Gasteiger partial charge in [-0.1, -0.05) is 42.5 Å². The van der Waals surface area contributed by atoms with Gasteiger partial charge in [-0.05, 0) is 23.5 Å². The number of carbonyl (C=O) groups is 1. The van der Waals surface area contributed by atoms with Crippen molar-refractivity contribution >= 4 is 11.7 Å². The predicted octanol–water partition coefficient (Wildman–Crippen LogP) is 3.40. The molecule has 2 aromatic carbocycles. The number of benzene rings is 2. The van der Waals surface area contributed by atoms with Crippen LogP contribution in [0.2, 0.25) is 0 Å². The van der Waals surface area contributed by atoms with Crippen LogP contribution in [-0.2, 0) is 11.2 Å². The minimum Gasteiger partial charge on any atom is -0.481 e. The van der Waals surface area contributed by atoms with Crippen LogP contribution in [0.4, 0.5) is 5.69 Å². The molecule has 21 heavy (non-hydrogen) atoms. The van der Waals surface area contributed by atoms with E-state index in [1.807, 2.05) is 30.3 Å². The molecule has 0 saturated heterocycles. The van der Waals surface area contributed by atoms with Crippen molar-refractivity contribution in [2.45, 2.75) is 18.8 Å². The van der Waals surface area contributed by atoms with Gasteiger partial charge in [0.05, 0.1) is 11.3 Å². The number of nitro benzene ring substituents is 1. The van der Waals surface area contributed by atoms with E-state index in [4.69, 9.17) is 5.11 Å². The van der Waals surface area contributed by atoms with Gasteiger partial charge >= 0.3 is 5.97 Å². The lowest BCUT2D eigenvalue weighted by molar-refractivity contribution is -0.384. The number of non-ortho nitro benzene ring substituents is 1. The van der Waals surface area contributed by atoms with E-state index in [1.165, 1.54) is 12.1 Å². The number of carboxylic acid groups (broad SMARTS) is 1. The highest BCUT2D eigenvalue weighted by Crippen LogP contribution is 2.25. The van der Waals surface area contributed by atoms with Crippen molar-refractivity contribution in [2.24, 2.45) is 0 Å². The molecule has 0 amide bonds. The molecule has 0 aliphatic carbocycles. The summed E-state index contributed by atoms with van der Waals surface area (Å²) in [7, 11) is 0. The van der Waals surface area contributed by atoms with Crippen molar-refractivity contribution in [3.63, 3.8) is 0 Å². The fourth-order valence-corrected chi connectivity index (χ4v) is 2.28. The van der Waals surface area contributed by atoms with E-state index in [9.17, 15) is 14.9 Å². The Kier molecular flexibility index (Phi) is 4.66. The van der Waals surface area contributed by atoms with Crippen LogP contribution in [0.25, 0.3) is 0 Å². The lowest BCUT2D eigenvalue weighted by Crippen LogP contribution is -2.09. The minimum absolute atomic E-state index is 0.0288. The SMILES string of the molecule is O=C(O)CC(Cc1ccc([N+](=O)[O-])cc1)c1ccccc1. The van der Waals surface area contributed by atoms with E-state index in [2.05, 4.69) is 0 Å². The summed E-state index contributed by atoms with van der Waals surface area (Å²) in [5.74, 6) is -1.00. The van der Waals surface area contributed by atoms with Crippen LogP contribution in [0.5, 0.6) is 0 Å². The zero-order chi connectivity index (χ0) is 15.2. The zero-order valence-electron chi connectivity index (χ0n) is 11.3. The molecular formula is C16H15NO4. The highest BCUT2D eigenvalue weighted by Gasteiger charge is 2.16. The first-order valence-electron chi connectivity index (χ1n) is 6.56. The van der Waals surface area contributed by atoms with E-state index >= 15 is 0 Å². The highest BCUT2D eigenvalue weighted by molar-refractivity contribution is 5.68. The summed E-state index contributed by atoms with van der Waals surface area (Å²) in [6.45, 7) is 0. The first-order chi connectivity index (χ1) is 10.1. The van der Waals surface area contributed by atoms with Gasteiger partial charge in [0.1, 0.15) is 0 Å². The molecule has 1 N–H and O–H groups in total. The molecule has 2 rings (SSSR count). The standard InChI is InChI=1S/C16H15NO4/c18-16(19)11-14(13-4-2-1-3-5-13)10-12-6-8-15(9-7-12)17(20)21/h1-9,14H,10-11H2,(H,18,19). The Morgan fingerprint density at radius 3 is 2.24 bits per heavy atom. The fourth-order valence-electron chi connectivity index (χ4n) is 2.28. The maximum Gasteiger partial charge on any atom is 0.303 e. The van der Waals surface area contributed by atoms with Crippen LogP contribution in [0, 0.1) is 10.1 Å². The molecule has 0 radical (unpaired) electrons. The molecule has 0 aromatic heterocycles. The Balaban J connectivity index is 2.18. The molecule has 2 aromatic rings. The summed E-state index contributed by atoms with van der Waals surface area (Å²) in [4.78, 5) is 21.2. The molecule has 0 saturated carbocycles. The highest BCUT2D eigenvalue weighted by atomic mass is 16.6. The van der Waals surface area contributed by atoms with Crippen molar-refractivity contribution in [3.8, 4) is 0 Å². The number of hydrogen-bond acceptors (Lipinski definition) is 3. The third-order valence-electron chi connectivity index (χ3n) is 3.32. The number of rotatable bonds is 6. The zero-order valence-corrected chi connectivity index (χ0v) is 11.3. The summed E-state index contributed by atoms with van der Waals surface area (Å²) in [5.41, 5.74) is 1.88. The van der Waals surface area contributed by atoms with Crippen LogP contribution in [0.15, 0.2) is 54.6 Å². The molecule has 0 heterocycles. The topological polar surface area (TPSA) is 80.4 Å². The average Bonchev–Trinajstić information content (AvgIpc) is 2.47. The maximum absolute atomic E-state index is 11.0. The summed E-state index contributed by atoms with van der Waals surface area (Å²) in [6, 6.07) is 15.7. The van der Waals surface area contributed by atoms with E-state index in [1.54, 1.807) is 12.1 Å². The first kappa shape index (κ1) is 14.7. The van der Waals surface area contributed by atoms with Gasteiger partial charge in [-0.15, -0.1) is 0 Å². The summed E-state index contributed by atoms with van der Waals surface area (Å²) < 4.78 is 0. The van der Waals surface area contributed by atoms with Crippen molar-refractivity contribution in [1.29, 1.82) is 0 Å². The molecule has 0 aliphatic rings. The van der Waals surface area contributed by atoms with Gasteiger partial charge in [-0.25, -0.2) is 0 Å². The van der Waals surface area contributed by atoms with E-state index in [0.717, 1.165) is 11.1 Å². The van der Waals surface area contributed by atoms with Crippen molar-refractivity contribution in [1.82, 2.24) is 0 Å². The van der Waals surface area contributed by atoms with E-state index < -0.39 is 10.9 Å². The smallest absolute Gasteiger partial charge is 0.303 e. The second-order valence-electron chi connectivity index (χ2n) is 4.83. The van der Waals surface area contributed by atoms with Crippen LogP contribution < -0.4 is 0 Å². The number of aliphatic carboxylic acids is 1. The second-order valence-corrected chi connectivity index (χ2v) is 4.83. The summed E-state index contributed by atoms with van der Waals surface area (Å²) in [6.07, 6.45) is 0.565. The molecular weight excluding hydrogens is 270 g/mol. The van der Waals surface area contributed by atoms with Crippen LogP contribution in [0.1, 0.15) is 23.5 Å². The molecule has 0 aliphatic heterocycles. The molecule has 1 unspecified atom stereocenters. The van der Waals surface area contributed by atoms with Crippen LogP contribution in [-0.4, -0.2) is 16.0 Å². The monoisotopic (exact) mass is 285 g/mol.